The van der Waals surface area contributed by atoms with Crippen molar-refractivity contribution in [2.45, 2.75) is 122 Å². The first kappa shape index (κ1) is 58.7. The van der Waals surface area contributed by atoms with E-state index in [1.807, 2.05) is 66.7 Å². The van der Waals surface area contributed by atoms with Crippen LogP contribution in [0.3, 0.4) is 0 Å². The Kier molecular flexibility index (Phi) is 16.8. The molecule has 21 nitrogen and oxygen atoms in total. The van der Waals surface area contributed by atoms with Crippen molar-refractivity contribution in [3.05, 3.63) is 177 Å². The number of rotatable bonds is 15. The third-order valence-corrected chi connectivity index (χ3v) is 17.1. The molecule has 10 rings (SSSR count). The number of ketones is 1. The number of aryl methyl sites for hydroxylation is 1. The van der Waals surface area contributed by atoms with Crippen LogP contribution in [0.1, 0.15) is 98.1 Å². The molecule has 11 atom stereocenters. The number of hydrogen-bond donors (Lipinski definition) is 2. The van der Waals surface area contributed by atoms with Crippen LogP contribution in [0.5, 0.6) is 0 Å². The Morgan fingerprint density at radius 3 is 2.07 bits per heavy atom. The monoisotopic (exact) mass is 1130 g/mol. The summed E-state index contributed by atoms with van der Waals surface area (Å²) in [5.74, 6) is -5.02. The topological polar surface area (TPSA) is 272 Å². The van der Waals surface area contributed by atoms with Crippen LogP contribution in [0.25, 0.3) is 0 Å². The SMILES string of the molecule is CC(=O)O[C@@]12CO[C@@H]1C[C@H](OC(=O)OCCn1c([N+](=O)[O-])cnc1C)[C@@]1(C)C(=O)[C@H](C)C3=C(C)[C@@H](O)C[C@@](O)([C@@H](OC(=O)c4ccccc4)C12)C3(C)C.O=C(c1ccccc1)N1C(=O)[C@H](OCOCc2ccccc2)[C@@H]1c1ccccc1. The van der Waals surface area contributed by atoms with E-state index in [0.29, 0.717) is 29.1 Å². The molecule has 1 unspecified atom stereocenters. The molecule has 82 heavy (non-hydrogen) atoms. The third-order valence-electron chi connectivity index (χ3n) is 17.1. The summed E-state index contributed by atoms with van der Waals surface area (Å²) < 4.78 is 42.3. The molecule has 2 amide bonds. The molecule has 5 aliphatic rings. The number of nitrogens with zero attached hydrogens (tertiary/aromatic N) is 4. The zero-order valence-corrected chi connectivity index (χ0v) is 46.5. The highest BCUT2D eigenvalue weighted by Crippen LogP contribution is 2.65. The highest BCUT2D eigenvalue weighted by Gasteiger charge is 2.78. The lowest BCUT2D eigenvalue weighted by Gasteiger charge is -2.67. The first-order valence-electron chi connectivity index (χ1n) is 27.0. The van der Waals surface area contributed by atoms with Crippen LogP contribution in [0, 0.1) is 39.7 Å². The summed E-state index contributed by atoms with van der Waals surface area (Å²) in [6.07, 6.45) is -6.46. The van der Waals surface area contributed by atoms with Gasteiger partial charge in [-0.2, -0.15) is 0 Å². The maximum Gasteiger partial charge on any atom is 0.508 e. The summed E-state index contributed by atoms with van der Waals surface area (Å²) in [7, 11) is 0. The third kappa shape index (κ3) is 10.6. The van der Waals surface area contributed by atoms with Crippen molar-refractivity contribution in [3.8, 4) is 0 Å². The van der Waals surface area contributed by atoms with Crippen molar-refractivity contribution in [3.63, 3.8) is 0 Å². The second kappa shape index (κ2) is 23.5. The Bertz CT molecular complexity index is 3250. The molecule has 3 heterocycles. The number of esters is 2. The fraction of sp³-hybridized carbons (Fsp3) is 0.426. The van der Waals surface area contributed by atoms with Crippen LogP contribution in [0.4, 0.5) is 10.6 Å². The Morgan fingerprint density at radius 1 is 0.866 bits per heavy atom. The molecule has 2 aliphatic heterocycles. The van der Waals surface area contributed by atoms with Gasteiger partial charge in [0.15, 0.2) is 17.5 Å². The quantitative estimate of drug-likeness (QED) is 0.0117. The van der Waals surface area contributed by atoms with Crippen molar-refractivity contribution >= 4 is 41.5 Å². The van der Waals surface area contributed by atoms with E-state index < -0.39 is 99.2 Å². The number of aromatic nitrogens is 2. The largest absolute Gasteiger partial charge is 0.508 e. The van der Waals surface area contributed by atoms with Gasteiger partial charge in [0.2, 0.25) is 0 Å². The number of aliphatic hydroxyl groups excluding tert-OH is 1. The highest BCUT2D eigenvalue weighted by atomic mass is 16.7. The summed E-state index contributed by atoms with van der Waals surface area (Å²) in [5.41, 5.74) is -3.40. The molecule has 2 saturated heterocycles. The lowest BCUT2D eigenvalue weighted by Crippen LogP contribution is -2.81. The van der Waals surface area contributed by atoms with Gasteiger partial charge in [-0.15, -0.1) is 0 Å². The molecule has 2 N–H and O–H groups in total. The molecule has 5 aromatic rings. The average Bonchev–Trinajstić information content (AvgIpc) is 4.02. The predicted octanol–water partition coefficient (Wildman–Crippen LogP) is 7.60. The van der Waals surface area contributed by atoms with Gasteiger partial charge in [0, 0.05) is 43.6 Å². The maximum absolute atomic E-state index is 15.3. The number of aliphatic hydroxyl groups is 2. The number of β-lactam (4-membered cyclic amide) rings is 1. The van der Waals surface area contributed by atoms with E-state index in [2.05, 4.69) is 4.98 Å². The van der Waals surface area contributed by atoms with Gasteiger partial charge in [-0.05, 0) is 65.3 Å². The Hall–Kier alpha value is -7.95. The number of ether oxygens (including phenoxy) is 7. The molecule has 1 aromatic heterocycles. The number of hydrogen-bond acceptors (Lipinski definition) is 18. The number of carbonyl (C=O) groups is 6. The van der Waals surface area contributed by atoms with Crippen LogP contribution in [-0.2, 0) is 60.7 Å². The lowest BCUT2D eigenvalue weighted by atomic mass is 9.43. The molecule has 21 heteroatoms. The number of amides is 2. The summed E-state index contributed by atoms with van der Waals surface area (Å²) >= 11 is 0. The van der Waals surface area contributed by atoms with Gasteiger partial charge in [0.25, 0.3) is 11.8 Å². The van der Waals surface area contributed by atoms with Crippen LogP contribution in [0.2, 0.25) is 0 Å². The minimum Gasteiger partial charge on any atom is -0.455 e. The van der Waals surface area contributed by atoms with E-state index in [1.54, 1.807) is 84.0 Å². The molecule has 0 spiro atoms. The smallest absolute Gasteiger partial charge is 0.455 e. The summed E-state index contributed by atoms with van der Waals surface area (Å²) in [6.45, 7) is 10.8. The Morgan fingerprint density at radius 2 is 1.48 bits per heavy atom. The van der Waals surface area contributed by atoms with Crippen molar-refractivity contribution < 1.29 is 77.1 Å². The van der Waals surface area contributed by atoms with Gasteiger partial charge in [-0.3, -0.25) is 24.1 Å². The van der Waals surface area contributed by atoms with E-state index in [9.17, 15) is 44.3 Å². The van der Waals surface area contributed by atoms with Crippen LogP contribution >= 0.6 is 0 Å². The van der Waals surface area contributed by atoms with Gasteiger partial charge >= 0.3 is 23.9 Å². The average molecular weight is 1130 g/mol. The Balaban J connectivity index is 0.000000234. The van der Waals surface area contributed by atoms with E-state index >= 15 is 4.79 Å². The van der Waals surface area contributed by atoms with Gasteiger partial charge in [0.1, 0.15) is 61.9 Å². The molecule has 3 aliphatic carbocycles. The van der Waals surface area contributed by atoms with Crippen molar-refractivity contribution in [2.24, 2.45) is 22.7 Å². The molecular formula is C61H66N4O17. The number of Topliss-reactive ketones (excluding diaryl/α,β-unsaturated/α-hetero) is 1. The second-order valence-corrected chi connectivity index (χ2v) is 22.0. The minimum atomic E-state index is -2.07. The first-order chi connectivity index (χ1) is 39.1. The second-order valence-electron chi connectivity index (χ2n) is 22.0. The van der Waals surface area contributed by atoms with Gasteiger partial charge < -0.3 is 53.5 Å². The molecule has 2 bridgehead atoms. The van der Waals surface area contributed by atoms with Crippen LogP contribution < -0.4 is 0 Å². The number of nitro groups is 1. The van der Waals surface area contributed by atoms with E-state index in [4.69, 9.17) is 33.2 Å². The molecule has 432 valence electrons. The normalized spacial score (nSPS) is 28.7. The summed E-state index contributed by atoms with van der Waals surface area (Å²) in [4.78, 5) is 97.3. The van der Waals surface area contributed by atoms with Gasteiger partial charge in [0.05, 0.1) is 36.2 Å². The predicted molar refractivity (Wildman–Crippen MR) is 290 cm³/mol. The minimum absolute atomic E-state index is 0.0258. The van der Waals surface area contributed by atoms with Gasteiger partial charge in [-0.25, -0.2) is 19.1 Å². The van der Waals surface area contributed by atoms with Gasteiger partial charge in [-0.1, -0.05) is 118 Å². The van der Waals surface area contributed by atoms with E-state index in [0.717, 1.165) is 17.3 Å². The highest BCUT2D eigenvalue weighted by molar-refractivity contribution is 6.10. The molecule has 4 fully saturated rings. The number of likely N-dealkylation sites (tertiary alicyclic amines) is 1. The van der Waals surface area contributed by atoms with Crippen LogP contribution in [0.15, 0.2) is 139 Å². The molecule has 4 aromatic carbocycles. The zero-order valence-electron chi connectivity index (χ0n) is 46.5. The van der Waals surface area contributed by atoms with Crippen LogP contribution in [-0.4, -0.2) is 127 Å². The van der Waals surface area contributed by atoms with Crippen molar-refractivity contribution in [2.75, 3.05) is 20.0 Å². The molecule has 0 radical (unpaired) electrons. The lowest BCUT2D eigenvalue weighted by molar-refractivity contribution is -0.392. The zero-order chi connectivity index (χ0) is 58.9. The number of benzene rings is 4. The van der Waals surface area contributed by atoms with E-state index in [-0.39, 0.29) is 62.6 Å². The number of carbonyl (C=O) groups excluding carboxylic acids is 6. The Labute approximate surface area is 473 Å². The van der Waals surface area contributed by atoms with Crippen molar-refractivity contribution in [1.82, 2.24) is 14.5 Å². The van der Waals surface area contributed by atoms with Crippen molar-refractivity contribution in [1.29, 1.82) is 0 Å². The fourth-order valence-corrected chi connectivity index (χ4v) is 13.0. The summed E-state index contributed by atoms with van der Waals surface area (Å²) in [6, 6.07) is 35.5. The summed E-state index contributed by atoms with van der Waals surface area (Å²) in [5, 5.41) is 36.0. The molecular weight excluding hydrogens is 1060 g/mol. The number of imidazole rings is 1. The number of fused-ring (bicyclic) bond motifs is 5. The maximum atomic E-state index is 15.3. The number of imide groups is 1. The molecule has 2 saturated carbocycles. The fourth-order valence-electron chi connectivity index (χ4n) is 13.0. The first-order valence-corrected chi connectivity index (χ1v) is 27.0. The standard InChI is InChI=1S/C37H45N3O13.C24H21NO4/c1-19-24(42)16-37(46)31(52-32(44)23-11-9-8-10-12-23)29-35(7,30(43)20(2)28(19)34(37,5)6)25(15-26-36(29,18-50-26)53-22(4)41)51-33(45)49-14-13-39-21(3)38-17-27(39)40(47)48;26-23(20-14-8-3-9-15-20)25-21(19-12-6-2-7-13-19)22(24(25)27)29-17-28-16-18-10-4-1-5-11-18/h8-12,17,20,24-26,29,31,42,46H,13-16,18H2,1-7H3;1-15,21-22H,16-17H2/t20-,24+,25+,26-,29?,31+,35-,36+,37-;21-,22+/m10/s1. The van der Waals surface area contributed by atoms with E-state index in [1.165, 1.54) is 28.5 Å².